The number of benzene rings is 1. The molecule has 0 aliphatic rings. The topological polar surface area (TPSA) is 83.5 Å². The summed E-state index contributed by atoms with van der Waals surface area (Å²) in [6, 6.07) is 3.40. The highest BCUT2D eigenvalue weighted by Crippen LogP contribution is 2.21. The van der Waals surface area contributed by atoms with Crippen molar-refractivity contribution >= 4 is 27.6 Å². The zero-order valence-electron chi connectivity index (χ0n) is 11.4. The molecule has 5 nitrogen and oxygen atoms in total. The lowest BCUT2D eigenvalue weighted by molar-refractivity contribution is 0.0697. The van der Waals surface area contributed by atoms with Crippen LogP contribution in [0.2, 0.25) is 5.02 Å². The number of hydrogen-bond donors (Lipinski definition) is 2. The van der Waals surface area contributed by atoms with E-state index < -0.39 is 16.0 Å². The Labute approximate surface area is 124 Å². The molecule has 112 valence electrons. The maximum atomic E-state index is 12.1. The molecule has 0 spiro atoms. The van der Waals surface area contributed by atoms with Crippen LogP contribution in [0.1, 0.15) is 43.5 Å². The van der Waals surface area contributed by atoms with Crippen LogP contribution in [0.25, 0.3) is 0 Å². The van der Waals surface area contributed by atoms with E-state index in [1.54, 1.807) is 6.92 Å². The summed E-state index contributed by atoms with van der Waals surface area (Å²) in [5, 5.41) is 8.76. The predicted octanol–water partition coefficient (Wildman–Crippen LogP) is 2.90. The van der Waals surface area contributed by atoms with Gasteiger partial charge < -0.3 is 5.11 Å². The quantitative estimate of drug-likeness (QED) is 0.809. The zero-order valence-corrected chi connectivity index (χ0v) is 13.0. The predicted molar refractivity (Wildman–Crippen MR) is 77.7 cm³/mol. The van der Waals surface area contributed by atoms with Gasteiger partial charge in [0.1, 0.15) is 0 Å². The fraction of sp³-hybridized carbons (Fsp3) is 0.462. The van der Waals surface area contributed by atoms with Crippen molar-refractivity contribution in [2.75, 3.05) is 0 Å². The van der Waals surface area contributed by atoms with Gasteiger partial charge in [0, 0.05) is 6.04 Å². The van der Waals surface area contributed by atoms with E-state index in [1.165, 1.54) is 12.1 Å². The molecular weight excluding hydrogens is 302 g/mol. The summed E-state index contributed by atoms with van der Waals surface area (Å²) in [6.45, 7) is 3.83. The van der Waals surface area contributed by atoms with Gasteiger partial charge in [-0.1, -0.05) is 31.4 Å². The number of unbranched alkanes of at least 4 members (excludes halogenated alkanes) is 1. The van der Waals surface area contributed by atoms with Crippen molar-refractivity contribution in [2.45, 2.75) is 44.0 Å². The van der Waals surface area contributed by atoms with Gasteiger partial charge in [-0.3, -0.25) is 0 Å². The van der Waals surface area contributed by atoms with Crippen molar-refractivity contribution in [3.63, 3.8) is 0 Å². The van der Waals surface area contributed by atoms with Crippen LogP contribution in [0.4, 0.5) is 0 Å². The second kappa shape index (κ2) is 7.06. The number of sulfonamides is 1. The van der Waals surface area contributed by atoms with Gasteiger partial charge in [-0.2, -0.15) is 0 Å². The van der Waals surface area contributed by atoms with E-state index >= 15 is 0 Å². The number of nitrogens with one attached hydrogen (secondary N) is 1. The Balaban J connectivity index is 2.93. The summed E-state index contributed by atoms with van der Waals surface area (Å²) in [6.07, 6.45) is 2.67. The maximum absolute atomic E-state index is 12.1. The normalized spacial score (nSPS) is 13.2. The van der Waals surface area contributed by atoms with E-state index in [2.05, 4.69) is 4.72 Å². The molecule has 7 heteroatoms. The Kier molecular flexibility index (Phi) is 5.98. The Morgan fingerprint density at radius 1 is 1.45 bits per heavy atom. The molecule has 0 amide bonds. The van der Waals surface area contributed by atoms with Gasteiger partial charge in [0.15, 0.2) is 0 Å². The average Bonchev–Trinajstić information content (AvgIpc) is 2.35. The summed E-state index contributed by atoms with van der Waals surface area (Å²) in [7, 11) is -3.68. The van der Waals surface area contributed by atoms with Gasteiger partial charge >= 0.3 is 5.97 Å². The second-order valence-corrected chi connectivity index (χ2v) is 6.73. The number of carboxylic acid groups (broad SMARTS) is 1. The number of carbonyl (C=O) groups is 1. The first kappa shape index (κ1) is 16.9. The van der Waals surface area contributed by atoms with E-state index in [4.69, 9.17) is 16.7 Å². The van der Waals surface area contributed by atoms with Crippen molar-refractivity contribution < 1.29 is 18.3 Å². The van der Waals surface area contributed by atoms with Gasteiger partial charge in [-0.05, 0) is 31.5 Å². The van der Waals surface area contributed by atoms with Crippen LogP contribution < -0.4 is 4.72 Å². The zero-order chi connectivity index (χ0) is 15.3. The smallest absolute Gasteiger partial charge is 0.337 e. The third-order valence-electron chi connectivity index (χ3n) is 2.83. The average molecular weight is 320 g/mol. The van der Waals surface area contributed by atoms with Gasteiger partial charge in [0.2, 0.25) is 10.0 Å². The Hall–Kier alpha value is -1.11. The lowest BCUT2D eigenvalue weighted by Gasteiger charge is -2.14. The lowest BCUT2D eigenvalue weighted by Crippen LogP contribution is -2.32. The molecule has 1 atom stereocenters. The minimum Gasteiger partial charge on any atom is -0.478 e. The summed E-state index contributed by atoms with van der Waals surface area (Å²) in [4.78, 5) is 10.8. The van der Waals surface area contributed by atoms with Crippen LogP contribution in [0.15, 0.2) is 23.1 Å². The number of rotatable bonds is 7. The first-order valence-electron chi connectivity index (χ1n) is 6.33. The number of halogens is 1. The number of carboxylic acids is 1. The van der Waals surface area contributed by atoms with Gasteiger partial charge in [0.25, 0.3) is 0 Å². The fourth-order valence-electron chi connectivity index (χ4n) is 1.74. The van der Waals surface area contributed by atoms with Crippen molar-refractivity contribution in [1.29, 1.82) is 0 Å². The molecule has 1 aromatic rings. The first-order chi connectivity index (χ1) is 9.27. The van der Waals surface area contributed by atoms with Crippen LogP contribution in [0.3, 0.4) is 0 Å². The second-order valence-electron chi connectivity index (χ2n) is 4.61. The largest absolute Gasteiger partial charge is 0.478 e. The van der Waals surface area contributed by atoms with Crippen LogP contribution in [-0.2, 0) is 10.0 Å². The van der Waals surface area contributed by atoms with E-state index in [0.29, 0.717) is 0 Å². The minimum atomic E-state index is -3.68. The molecule has 0 saturated heterocycles. The SMILES string of the molecule is CCCCC(C)NS(=O)(=O)c1ccc(C(=O)O)c(Cl)c1. The van der Waals surface area contributed by atoms with Gasteiger partial charge in [-0.15, -0.1) is 0 Å². The molecule has 0 fully saturated rings. The summed E-state index contributed by atoms with van der Waals surface area (Å²) < 4.78 is 26.8. The molecule has 0 heterocycles. The molecule has 0 aliphatic heterocycles. The molecule has 0 aliphatic carbocycles. The summed E-state index contributed by atoms with van der Waals surface area (Å²) in [5.41, 5.74) is -0.121. The first-order valence-corrected chi connectivity index (χ1v) is 8.19. The van der Waals surface area contributed by atoms with Crippen LogP contribution in [-0.4, -0.2) is 25.5 Å². The molecular formula is C13H18ClNO4S. The maximum Gasteiger partial charge on any atom is 0.337 e. The van der Waals surface area contributed by atoms with Crippen molar-refractivity contribution in [2.24, 2.45) is 0 Å². The van der Waals surface area contributed by atoms with Crippen molar-refractivity contribution in [3.05, 3.63) is 28.8 Å². The highest BCUT2D eigenvalue weighted by atomic mass is 35.5. The third kappa shape index (κ3) is 4.47. The van der Waals surface area contributed by atoms with Gasteiger partial charge in [0.05, 0.1) is 15.5 Å². The molecule has 1 aromatic carbocycles. The Morgan fingerprint density at radius 3 is 2.60 bits per heavy atom. The standard InChI is InChI=1S/C13H18ClNO4S/c1-3-4-5-9(2)15-20(18,19)10-6-7-11(13(16)17)12(14)8-10/h6-9,15H,3-5H2,1-2H3,(H,16,17). The van der Waals surface area contributed by atoms with E-state index in [-0.39, 0.29) is 21.5 Å². The van der Waals surface area contributed by atoms with Crippen LogP contribution in [0, 0.1) is 0 Å². The monoisotopic (exact) mass is 319 g/mol. The molecule has 2 N–H and O–H groups in total. The Morgan fingerprint density at radius 2 is 2.10 bits per heavy atom. The van der Waals surface area contributed by atoms with Crippen molar-refractivity contribution in [1.82, 2.24) is 4.72 Å². The number of aromatic carboxylic acids is 1. The summed E-state index contributed by atoms with van der Waals surface area (Å²) >= 11 is 5.78. The van der Waals surface area contributed by atoms with Crippen molar-refractivity contribution in [3.8, 4) is 0 Å². The minimum absolute atomic E-state index is 0.0316. The molecule has 0 radical (unpaired) electrons. The number of hydrogen-bond acceptors (Lipinski definition) is 3. The highest BCUT2D eigenvalue weighted by molar-refractivity contribution is 7.89. The van der Waals surface area contributed by atoms with Crippen LogP contribution in [0.5, 0.6) is 0 Å². The molecule has 20 heavy (non-hydrogen) atoms. The van der Waals surface area contributed by atoms with Gasteiger partial charge in [-0.25, -0.2) is 17.9 Å². The molecule has 1 rings (SSSR count). The highest BCUT2D eigenvalue weighted by Gasteiger charge is 2.19. The van der Waals surface area contributed by atoms with E-state index in [0.717, 1.165) is 25.3 Å². The molecule has 0 aromatic heterocycles. The van der Waals surface area contributed by atoms with E-state index in [9.17, 15) is 13.2 Å². The third-order valence-corrected chi connectivity index (χ3v) is 4.73. The Bertz CT molecular complexity index is 586. The fourth-order valence-corrected chi connectivity index (χ4v) is 3.37. The molecule has 1 unspecified atom stereocenters. The molecule has 0 saturated carbocycles. The van der Waals surface area contributed by atoms with Crippen LogP contribution >= 0.6 is 11.6 Å². The lowest BCUT2D eigenvalue weighted by atomic mass is 10.2. The van der Waals surface area contributed by atoms with E-state index in [1.807, 2.05) is 6.92 Å². The summed E-state index contributed by atoms with van der Waals surface area (Å²) in [5.74, 6) is -1.19. The molecule has 0 bridgehead atoms.